The molecule has 1 aromatic heterocycles. The van der Waals surface area contributed by atoms with Crippen molar-refractivity contribution in [1.29, 1.82) is 0 Å². The molecule has 14 heavy (non-hydrogen) atoms. The summed E-state index contributed by atoms with van der Waals surface area (Å²) in [6, 6.07) is 1.47. The first-order valence-electron chi connectivity index (χ1n) is 3.60. The van der Waals surface area contributed by atoms with Gasteiger partial charge >= 0.3 is 5.97 Å². The van der Waals surface area contributed by atoms with E-state index in [2.05, 4.69) is 15.9 Å². The Kier molecular flexibility index (Phi) is 3.68. The van der Waals surface area contributed by atoms with Crippen LogP contribution in [-0.2, 0) is 14.6 Å². The summed E-state index contributed by atoms with van der Waals surface area (Å²) in [6.45, 7) is 0. The molecular formula is C7H7BrO4S2. The molecule has 4 nitrogen and oxygen atoms in total. The van der Waals surface area contributed by atoms with Gasteiger partial charge in [-0.15, -0.1) is 11.3 Å². The normalized spacial score (nSPS) is 11.5. The summed E-state index contributed by atoms with van der Waals surface area (Å²) < 4.78 is 23.8. The number of carboxylic acid groups (broad SMARTS) is 1. The van der Waals surface area contributed by atoms with Gasteiger partial charge in [-0.25, -0.2) is 8.42 Å². The second kappa shape index (κ2) is 4.41. The summed E-state index contributed by atoms with van der Waals surface area (Å²) in [5, 5.41) is 10.0. The van der Waals surface area contributed by atoms with E-state index >= 15 is 0 Å². The standard InChI is InChI=1S/C7H7BrO4S2/c8-5-3-7(13-4-5)14(11,12)2-1-6(9)10/h3-4H,1-2H2,(H,9,10). The van der Waals surface area contributed by atoms with E-state index in [1.54, 1.807) is 5.38 Å². The van der Waals surface area contributed by atoms with Crippen molar-refractivity contribution in [3.63, 3.8) is 0 Å². The van der Waals surface area contributed by atoms with Gasteiger partial charge in [0.2, 0.25) is 0 Å². The van der Waals surface area contributed by atoms with E-state index in [1.807, 2.05) is 0 Å². The summed E-state index contributed by atoms with van der Waals surface area (Å²) in [7, 11) is -3.43. The maximum atomic E-state index is 11.5. The minimum absolute atomic E-state index is 0.200. The molecule has 0 spiro atoms. The molecule has 1 rings (SSSR count). The lowest BCUT2D eigenvalue weighted by Crippen LogP contribution is -2.09. The van der Waals surface area contributed by atoms with Crippen LogP contribution in [0.5, 0.6) is 0 Å². The fraction of sp³-hybridized carbons (Fsp3) is 0.286. The Morgan fingerprint density at radius 2 is 2.21 bits per heavy atom. The van der Waals surface area contributed by atoms with E-state index in [0.29, 0.717) is 4.47 Å². The molecule has 0 aromatic carbocycles. The van der Waals surface area contributed by atoms with Crippen LogP contribution in [0.1, 0.15) is 6.42 Å². The van der Waals surface area contributed by atoms with Gasteiger partial charge in [-0.2, -0.15) is 0 Å². The third-order valence-electron chi connectivity index (χ3n) is 1.43. The zero-order valence-electron chi connectivity index (χ0n) is 6.94. The van der Waals surface area contributed by atoms with Gasteiger partial charge in [0.1, 0.15) is 4.21 Å². The lowest BCUT2D eigenvalue weighted by atomic mass is 10.5. The monoisotopic (exact) mass is 298 g/mol. The third kappa shape index (κ3) is 3.07. The van der Waals surface area contributed by atoms with Crippen molar-refractivity contribution in [1.82, 2.24) is 0 Å². The van der Waals surface area contributed by atoms with Crippen molar-refractivity contribution in [3.05, 3.63) is 15.9 Å². The molecule has 0 unspecified atom stereocenters. The molecule has 0 aliphatic carbocycles. The summed E-state index contributed by atoms with van der Waals surface area (Å²) in [6.07, 6.45) is -0.363. The Balaban J connectivity index is 2.81. The third-order valence-corrected chi connectivity index (χ3v) is 5.44. The van der Waals surface area contributed by atoms with Gasteiger partial charge in [0, 0.05) is 9.85 Å². The van der Waals surface area contributed by atoms with E-state index < -0.39 is 15.8 Å². The first kappa shape index (κ1) is 11.7. The van der Waals surface area contributed by atoms with Gasteiger partial charge in [-0.1, -0.05) is 0 Å². The maximum absolute atomic E-state index is 11.5. The topological polar surface area (TPSA) is 71.4 Å². The number of rotatable bonds is 4. The quantitative estimate of drug-likeness (QED) is 0.919. The van der Waals surface area contributed by atoms with Crippen LogP contribution in [0.4, 0.5) is 0 Å². The van der Waals surface area contributed by atoms with E-state index in [0.717, 1.165) is 11.3 Å². The molecule has 0 aliphatic heterocycles. The Morgan fingerprint density at radius 3 is 2.64 bits per heavy atom. The number of sulfone groups is 1. The molecule has 0 aliphatic rings. The van der Waals surface area contributed by atoms with Crippen LogP contribution >= 0.6 is 27.3 Å². The molecule has 1 N–H and O–H groups in total. The first-order chi connectivity index (χ1) is 6.42. The van der Waals surface area contributed by atoms with Crippen LogP contribution in [0.15, 0.2) is 20.1 Å². The smallest absolute Gasteiger partial charge is 0.304 e. The van der Waals surface area contributed by atoms with Crippen molar-refractivity contribution in [2.45, 2.75) is 10.6 Å². The predicted octanol–water partition coefficient (Wildman–Crippen LogP) is 1.76. The molecule has 78 valence electrons. The largest absolute Gasteiger partial charge is 0.481 e. The fourth-order valence-electron chi connectivity index (χ4n) is 0.780. The summed E-state index contributed by atoms with van der Waals surface area (Å²) >= 11 is 4.21. The molecular weight excluding hydrogens is 292 g/mol. The Hall–Kier alpha value is -0.400. The predicted molar refractivity (Wildman–Crippen MR) is 56.3 cm³/mol. The van der Waals surface area contributed by atoms with Crippen LogP contribution in [0.3, 0.4) is 0 Å². The summed E-state index contributed by atoms with van der Waals surface area (Å²) in [5.74, 6) is -1.46. The first-order valence-corrected chi connectivity index (χ1v) is 6.93. The van der Waals surface area contributed by atoms with Gasteiger partial charge < -0.3 is 5.11 Å². The van der Waals surface area contributed by atoms with Crippen molar-refractivity contribution >= 4 is 43.1 Å². The molecule has 1 aromatic rings. The van der Waals surface area contributed by atoms with Gasteiger partial charge in [0.15, 0.2) is 9.84 Å². The van der Waals surface area contributed by atoms with Crippen molar-refractivity contribution in [2.24, 2.45) is 0 Å². The molecule has 0 amide bonds. The van der Waals surface area contributed by atoms with Crippen molar-refractivity contribution in [3.8, 4) is 0 Å². The minimum atomic E-state index is -3.43. The average molecular weight is 299 g/mol. The highest BCUT2D eigenvalue weighted by atomic mass is 79.9. The summed E-state index contributed by atoms with van der Waals surface area (Å²) in [4.78, 5) is 10.2. The van der Waals surface area contributed by atoms with Gasteiger partial charge in [0.25, 0.3) is 0 Å². The van der Waals surface area contributed by atoms with Crippen LogP contribution in [0.2, 0.25) is 0 Å². The van der Waals surface area contributed by atoms with E-state index in [4.69, 9.17) is 5.11 Å². The van der Waals surface area contributed by atoms with E-state index in [-0.39, 0.29) is 16.4 Å². The zero-order chi connectivity index (χ0) is 10.8. The highest BCUT2D eigenvalue weighted by molar-refractivity contribution is 9.10. The number of aliphatic carboxylic acids is 1. The molecule has 0 saturated carbocycles. The average Bonchev–Trinajstić information content (AvgIpc) is 2.49. The Morgan fingerprint density at radius 1 is 1.57 bits per heavy atom. The van der Waals surface area contributed by atoms with Gasteiger partial charge in [0.05, 0.1) is 12.2 Å². The number of carboxylic acids is 1. The molecule has 0 atom stereocenters. The van der Waals surface area contributed by atoms with Crippen LogP contribution < -0.4 is 0 Å². The SMILES string of the molecule is O=C(O)CCS(=O)(=O)c1cc(Br)cs1. The molecule has 0 bridgehead atoms. The lowest BCUT2D eigenvalue weighted by molar-refractivity contribution is -0.136. The van der Waals surface area contributed by atoms with E-state index in [1.165, 1.54) is 6.07 Å². The second-order valence-corrected chi connectivity index (χ2v) is 6.71. The molecule has 1 heterocycles. The van der Waals surface area contributed by atoms with Crippen LogP contribution in [0.25, 0.3) is 0 Å². The molecule has 0 radical (unpaired) electrons. The lowest BCUT2D eigenvalue weighted by Gasteiger charge is -1.97. The van der Waals surface area contributed by atoms with Crippen molar-refractivity contribution in [2.75, 3.05) is 5.75 Å². The zero-order valence-corrected chi connectivity index (χ0v) is 10.2. The minimum Gasteiger partial charge on any atom is -0.481 e. The molecule has 0 fully saturated rings. The highest BCUT2D eigenvalue weighted by Gasteiger charge is 2.17. The Bertz CT molecular complexity index is 434. The fourth-order valence-corrected chi connectivity index (χ4v) is 4.02. The highest BCUT2D eigenvalue weighted by Crippen LogP contribution is 2.25. The second-order valence-electron chi connectivity index (χ2n) is 2.55. The van der Waals surface area contributed by atoms with E-state index in [9.17, 15) is 13.2 Å². The van der Waals surface area contributed by atoms with Crippen molar-refractivity contribution < 1.29 is 18.3 Å². The van der Waals surface area contributed by atoms with Crippen LogP contribution in [-0.4, -0.2) is 25.2 Å². The Labute approximate surface area is 93.6 Å². The number of thiophene rings is 1. The summed E-state index contributed by atoms with van der Waals surface area (Å²) in [5.41, 5.74) is 0. The number of halogens is 1. The number of hydrogen-bond donors (Lipinski definition) is 1. The number of hydrogen-bond acceptors (Lipinski definition) is 4. The van der Waals surface area contributed by atoms with Crippen LogP contribution in [0, 0.1) is 0 Å². The van der Waals surface area contributed by atoms with Gasteiger partial charge in [-0.3, -0.25) is 4.79 Å². The number of carbonyl (C=O) groups is 1. The van der Waals surface area contributed by atoms with Gasteiger partial charge in [-0.05, 0) is 22.0 Å². The maximum Gasteiger partial charge on any atom is 0.304 e. The molecule has 7 heteroatoms. The molecule has 0 saturated heterocycles.